The van der Waals surface area contributed by atoms with Gasteiger partial charge in [-0.15, -0.1) is 0 Å². The van der Waals surface area contributed by atoms with Crippen LogP contribution in [0.15, 0.2) is 53.3 Å². The molecule has 5 nitrogen and oxygen atoms in total. The number of carbonyl (C=O) groups excluding carboxylic acids is 1. The number of rotatable bonds is 3. The van der Waals surface area contributed by atoms with Crippen LogP contribution in [-0.2, 0) is 7.05 Å². The Balaban J connectivity index is 1.99. The number of hydrogen-bond acceptors (Lipinski definition) is 3. The molecule has 122 valence electrons. The van der Waals surface area contributed by atoms with Crippen molar-refractivity contribution in [2.45, 2.75) is 19.9 Å². The van der Waals surface area contributed by atoms with Crippen molar-refractivity contribution in [2.24, 2.45) is 7.05 Å². The van der Waals surface area contributed by atoms with Crippen molar-refractivity contribution in [3.63, 3.8) is 0 Å². The molecule has 2 aromatic carbocycles. The molecular weight excluding hydrogens is 302 g/mol. The summed E-state index contributed by atoms with van der Waals surface area (Å²) >= 11 is 0. The molecule has 1 atom stereocenters. The molecule has 0 aliphatic carbocycles. The van der Waals surface area contributed by atoms with E-state index in [4.69, 9.17) is 0 Å². The summed E-state index contributed by atoms with van der Waals surface area (Å²) in [6, 6.07) is 14.8. The van der Waals surface area contributed by atoms with E-state index < -0.39 is 0 Å². The number of carbonyl (C=O) groups is 1. The Bertz CT molecular complexity index is 976. The van der Waals surface area contributed by atoms with E-state index >= 15 is 0 Å². The molecule has 0 saturated carbocycles. The van der Waals surface area contributed by atoms with Crippen molar-refractivity contribution in [3.05, 3.63) is 75.7 Å². The molecule has 0 saturated heterocycles. The first-order chi connectivity index (χ1) is 11.5. The van der Waals surface area contributed by atoms with Gasteiger partial charge in [-0.3, -0.25) is 9.59 Å². The molecule has 0 spiro atoms. The molecular formula is C19H19N3O2. The quantitative estimate of drug-likeness (QED) is 0.807. The van der Waals surface area contributed by atoms with E-state index in [0.29, 0.717) is 10.8 Å². The smallest absolute Gasteiger partial charge is 0.274 e. The molecule has 5 heteroatoms. The van der Waals surface area contributed by atoms with Crippen LogP contribution in [0.1, 0.15) is 34.6 Å². The first-order valence-electron chi connectivity index (χ1n) is 7.81. The fraction of sp³-hybridized carbons (Fsp3) is 0.211. The number of aryl methyl sites for hydroxylation is 2. The number of fused-ring (bicyclic) bond motifs is 1. The van der Waals surface area contributed by atoms with Crippen LogP contribution in [0.2, 0.25) is 0 Å². The fourth-order valence-electron chi connectivity index (χ4n) is 2.88. The Morgan fingerprint density at radius 1 is 1.08 bits per heavy atom. The maximum Gasteiger partial charge on any atom is 0.274 e. The first-order valence-corrected chi connectivity index (χ1v) is 7.81. The van der Waals surface area contributed by atoms with Gasteiger partial charge in [0.2, 0.25) is 0 Å². The molecule has 1 N–H and O–H groups in total. The lowest BCUT2D eigenvalue weighted by Gasteiger charge is -2.17. The highest BCUT2D eigenvalue weighted by molar-refractivity contribution is 6.04. The average molecular weight is 321 g/mol. The predicted octanol–water partition coefficient (Wildman–Crippen LogP) is 2.73. The van der Waals surface area contributed by atoms with Crippen molar-refractivity contribution < 1.29 is 4.79 Å². The zero-order valence-electron chi connectivity index (χ0n) is 13.9. The number of nitrogens with zero attached hydrogens (tertiary/aromatic N) is 2. The zero-order chi connectivity index (χ0) is 17.3. The minimum Gasteiger partial charge on any atom is -0.344 e. The van der Waals surface area contributed by atoms with Crippen molar-refractivity contribution >= 4 is 16.7 Å². The van der Waals surface area contributed by atoms with Gasteiger partial charge in [0.15, 0.2) is 5.69 Å². The summed E-state index contributed by atoms with van der Waals surface area (Å²) in [6.07, 6.45) is 0. The molecule has 1 heterocycles. The minimum atomic E-state index is -0.294. The molecule has 0 aliphatic rings. The van der Waals surface area contributed by atoms with Crippen molar-refractivity contribution in [1.82, 2.24) is 15.1 Å². The Hall–Kier alpha value is -2.95. The molecule has 3 rings (SSSR count). The van der Waals surface area contributed by atoms with Gasteiger partial charge in [-0.25, -0.2) is 4.68 Å². The summed E-state index contributed by atoms with van der Waals surface area (Å²) in [4.78, 5) is 24.9. The standard InChI is InChI=1S/C19H19N3O2/c1-12-8-4-5-9-14(12)13(2)20-18(23)17-15-10-6-7-11-16(15)19(24)22(3)21-17/h4-11,13H,1-3H3,(H,20,23). The van der Waals surface area contributed by atoms with Crippen molar-refractivity contribution in [2.75, 3.05) is 0 Å². The number of nitrogens with one attached hydrogen (secondary N) is 1. The van der Waals surface area contributed by atoms with Gasteiger partial charge in [-0.05, 0) is 31.0 Å². The number of aromatic nitrogens is 2. The van der Waals surface area contributed by atoms with Gasteiger partial charge in [0.1, 0.15) is 0 Å². The van der Waals surface area contributed by atoms with Gasteiger partial charge in [-0.1, -0.05) is 42.5 Å². The zero-order valence-corrected chi connectivity index (χ0v) is 13.9. The maximum absolute atomic E-state index is 12.7. The predicted molar refractivity (Wildman–Crippen MR) is 94.0 cm³/mol. The van der Waals surface area contributed by atoms with Gasteiger partial charge >= 0.3 is 0 Å². The van der Waals surface area contributed by atoms with Gasteiger partial charge in [0.25, 0.3) is 11.5 Å². The van der Waals surface area contributed by atoms with E-state index in [1.165, 1.54) is 4.68 Å². The Morgan fingerprint density at radius 3 is 2.42 bits per heavy atom. The summed E-state index contributed by atoms with van der Waals surface area (Å²) in [5.41, 5.74) is 2.21. The summed E-state index contributed by atoms with van der Waals surface area (Å²) in [6.45, 7) is 3.95. The second kappa shape index (κ2) is 6.28. The van der Waals surface area contributed by atoms with Crippen LogP contribution in [0.25, 0.3) is 10.8 Å². The number of amides is 1. The molecule has 0 bridgehead atoms. The monoisotopic (exact) mass is 321 g/mol. The highest BCUT2D eigenvalue weighted by Gasteiger charge is 2.18. The third-order valence-corrected chi connectivity index (χ3v) is 4.17. The highest BCUT2D eigenvalue weighted by Crippen LogP contribution is 2.18. The maximum atomic E-state index is 12.7. The third-order valence-electron chi connectivity index (χ3n) is 4.17. The molecule has 1 aromatic heterocycles. The summed E-state index contributed by atoms with van der Waals surface area (Å²) < 4.78 is 1.20. The van der Waals surface area contributed by atoms with Gasteiger partial charge < -0.3 is 5.32 Å². The molecule has 24 heavy (non-hydrogen) atoms. The Morgan fingerprint density at radius 2 is 1.71 bits per heavy atom. The van der Waals surface area contributed by atoms with E-state index in [0.717, 1.165) is 11.1 Å². The van der Waals surface area contributed by atoms with E-state index in [-0.39, 0.29) is 23.2 Å². The topological polar surface area (TPSA) is 64.0 Å². The lowest BCUT2D eigenvalue weighted by molar-refractivity contribution is 0.0934. The minimum absolute atomic E-state index is 0.156. The molecule has 0 fully saturated rings. The third kappa shape index (κ3) is 2.80. The summed E-state index contributed by atoms with van der Waals surface area (Å²) in [7, 11) is 1.55. The lowest BCUT2D eigenvalue weighted by atomic mass is 10.0. The van der Waals surface area contributed by atoms with Crippen molar-refractivity contribution in [1.29, 1.82) is 0 Å². The Labute approximate surface area is 139 Å². The second-order valence-electron chi connectivity index (χ2n) is 5.87. The van der Waals surface area contributed by atoms with Crippen LogP contribution in [0.4, 0.5) is 0 Å². The van der Waals surface area contributed by atoms with Gasteiger partial charge in [-0.2, -0.15) is 5.10 Å². The second-order valence-corrected chi connectivity index (χ2v) is 5.87. The number of benzene rings is 2. The van der Waals surface area contributed by atoms with E-state index in [1.54, 1.807) is 31.3 Å². The van der Waals surface area contributed by atoms with E-state index in [1.807, 2.05) is 38.1 Å². The van der Waals surface area contributed by atoms with Crippen LogP contribution in [-0.4, -0.2) is 15.7 Å². The van der Waals surface area contributed by atoms with E-state index in [2.05, 4.69) is 10.4 Å². The molecule has 1 amide bonds. The average Bonchev–Trinajstić information content (AvgIpc) is 2.58. The highest BCUT2D eigenvalue weighted by atomic mass is 16.2. The molecule has 0 radical (unpaired) electrons. The van der Waals surface area contributed by atoms with Gasteiger partial charge in [0, 0.05) is 12.4 Å². The molecule has 3 aromatic rings. The van der Waals surface area contributed by atoms with Crippen LogP contribution in [0.5, 0.6) is 0 Å². The van der Waals surface area contributed by atoms with Crippen molar-refractivity contribution in [3.8, 4) is 0 Å². The van der Waals surface area contributed by atoms with Crippen LogP contribution in [0.3, 0.4) is 0 Å². The van der Waals surface area contributed by atoms with Crippen LogP contribution >= 0.6 is 0 Å². The Kier molecular flexibility index (Phi) is 4.16. The lowest BCUT2D eigenvalue weighted by Crippen LogP contribution is -2.31. The summed E-state index contributed by atoms with van der Waals surface area (Å²) in [5.74, 6) is -0.294. The van der Waals surface area contributed by atoms with Gasteiger partial charge in [0.05, 0.1) is 11.4 Å². The van der Waals surface area contributed by atoms with E-state index in [9.17, 15) is 9.59 Å². The van der Waals surface area contributed by atoms with Crippen LogP contribution < -0.4 is 10.9 Å². The summed E-state index contributed by atoms with van der Waals surface area (Å²) in [5, 5.41) is 8.19. The first kappa shape index (κ1) is 15.9. The SMILES string of the molecule is Cc1ccccc1C(C)NC(=O)c1nn(C)c(=O)c2ccccc12. The largest absolute Gasteiger partial charge is 0.344 e. The fourth-order valence-corrected chi connectivity index (χ4v) is 2.88. The molecule has 0 aliphatic heterocycles. The number of hydrogen-bond donors (Lipinski definition) is 1. The normalized spacial score (nSPS) is 12.1. The molecule has 1 unspecified atom stereocenters. The van der Waals surface area contributed by atoms with Crippen LogP contribution in [0, 0.1) is 6.92 Å².